The van der Waals surface area contributed by atoms with Crippen LogP contribution in [-0.4, -0.2) is 4.98 Å². The molecule has 0 aliphatic heterocycles. The average molecular weight is 534 g/mol. The Morgan fingerprint density at radius 3 is 2.00 bits per heavy atom. The molecule has 184 valence electrons. The van der Waals surface area contributed by atoms with Crippen molar-refractivity contribution in [1.29, 1.82) is 0 Å². The predicted octanol–water partition coefficient (Wildman–Crippen LogP) is 11.2. The van der Waals surface area contributed by atoms with E-state index in [0.717, 1.165) is 12.8 Å². The number of aromatic amines is 1. The summed E-state index contributed by atoms with van der Waals surface area (Å²) in [4.78, 5) is 5.19. The van der Waals surface area contributed by atoms with E-state index in [4.69, 9.17) is 0 Å². The zero-order valence-corrected chi connectivity index (χ0v) is 22.8. The lowest BCUT2D eigenvalue weighted by molar-refractivity contribution is 1.01. The number of thiophene rings is 2. The van der Waals surface area contributed by atoms with Crippen LogP contribution in [-0.2, 0) is 6.42 Å². The van der Waals surface area contributed by atoms with Gasteiger partial charge in [-0.05, 0) is 70.3 Å². The molecule has 3 heteroatoms. The van der Waals surface area contributed by atoms with Crippen molar-refractivity contribution < 1.29 is 0 Å². The Hall–Kier alpha value is -4.18. The quantitative estimate of drug-likeness (QED) is 0.227. The van der Waals surface area contributed by atoms with Crippen LogP contribution in [0.5, 0.6) is 0 Å². The Labute approximate surface area is 233 Å². The largest absolute Gasteiger partial charge is 0.354 e. The molecule has 0 fully saturated rings. The van der Waals surface area contributed by atoms with Crippen molar-refractivity contribution >= 4 is 80.8 Å². The summed E-state index contributed by atoms with van der Waals surface area (Å²) in [6, 6.07) is 36.1. The fourth-order valence-corrected chi connectivity index (χ4v) is 9.00. The van der Waals surface area contributed by atoms with E-state index in [0.29, 0.717) is 0 Å². The van der Waals surface area contributed by atoms with E-state index < -0.39 is 0 Å². The minimum absolute atomic E-state index is 1.14. The monoisotopic (exact) mass is 533 g/mol. The molecule has 0 amide bonds. The Bertz CT molecular complexity index is 2290. The number of benzene rings is 5. The van der Waals surface area contributed by atoms with Crippen LogP contribution in [0.4, 0.5) is 0 Å². The van der Waals surface area contributed by atoms with Crippen LogP contribution >= 0.6 is 22.7 Å². The number of fused-ring (bicyclic) bond motifs is 9. The lowest BCUT2D eigenvalue weighted by atomic mass is 9.97. The van der Waals surface area contributed by atoms with Gasteiger partial charge in [0.1, 0.15) is 0 Å². The van der Waals surface area contributed by atoms with Crippen molar-refractivity contribution in [2.75, 3.05) is 0 Å². The van der Waals surface area contributed by atoms with E-state index in [1.165, 1.54) is 84.8 Å². The summed E-state index contributed by atoms with van der Waals surface area (Å²) >= 11 is 3.83. The highest BCUT2D eigenvalue weighted by molar-refractivity contribution is 7.26. The second-order valence-electron chi connectivity index (χ2n) is 10.5. The summed E-state index contributed by atoms with van der Waals surface area (Å²) in [6.45, 7) is 0. The number of aromatic nitrogens is 1. The predicted molar refractivity (Wildman–Crippen MR) is 172 cm³/mol. The summed E-state index contributed by atoms with van der Waals surface area (Å²) in [7, 11) is 0. The van der Waals surface area contributed by atoms with E-state index in [1.54, 1.807) is 0 Å². The Morgan fingerprint density at radius 2 is 1.23 bits per heavy atom. The van der Waals surface area contributed by atoms with E-state index in [9.17, 15) is 0 Å². The number of H-pyrrole nitrogens is 1. The first-order valence-electron chi connectivity index (χ1n) is 13.5. The molecule has 0 atom stereocenters. The lowest BCUT2D eigenvalue weighted by Crippen LogP contribution is -1.88. The summed E-state index contributed by atoms with van der Waals surface area (Å²) in [5, 5.41) is 6.67. The maximum Gasteiger partial charge on any atom is 0.0471 e. The number of aryl methyl sites for hydroxylation is 1. The molecule has 0 unspecified atom stereocenters. The van der Waals surface area contributed by atoms with Gasteiger partial charge in [-0.3, -0.25) is 0 Å². The molecule has 1 N–H and O–H groups in total. The molecule has 9 rings (SSSR count). The second-order valence-corrected chi connectivity index (χ2v) is 12.6. The van der Waals surface area contributed by atoms with Gasteiger partial charge in [0.15, 0.2) is 0 Å². The molecule has 1 aliphatic carbocycles. The maximum absolute atomic E-state index is 3.77. The zero-order chi connectivity index (χ0) is 25.5. The number of nitrogens with one attached hydrogen (secondary N) is 1. The molecule has 1 nitrogen and oxygen atoms in total. The molecule has 3 heterocycles. The molecular formula is C36H23NS2. The highest BCUT2D eigenvalue weighted by atomic mass is 32.1. The van der Waals surface area contributed by atoms with E-state index in [2.05, 4.69) is 114 Å². The van der Waals surface area contributed by atoms with Crippen LogP contribution in [0.15, 0.2) is 103 Å². The van der Waals surface area contributed by atoms with Crippen molar-refractivity contribution in [2.24, 2.45) is 0 Å². The first-order valence-corrected chi connectivity index (χ1v) is 15.1. The second kappa shape index (κ2) is 8.16. The van der Waals surface area contributed by atoms with Crippen molar-refractivity contribution in [3.05, 3.63) is 114 Å². The van der Waals surface area contributed by atoms with Crippen LogP contribution < -0.4 is 0 Å². The Kier molecular flexibility index (Phi) is 4.54. The highest BCUT2D eigenvalue weighted by Crippen LogP contribution is 2.43. The third kappa shape index (κ3) is 3.18. The molecular weight excluding hydrogens is 511 g/mol. The topological polar surface area (TPSA) is 15.8 Å². The Morgan fingerprint density at radius 1 is 0.564 bits per heavy atom. The molecule has 0 saturated heterocycles. The van der Waals surface area contributed by atoms with E-state index >= 15 is 0 Å². The summed E-state index contributed by atoms with van der Waals surface area (Å²) in [5.41, 5.74) is 9.07. The number of hydrogen-bond donors (Lipinski definition) is 1. The minimum Gasteiger partial charge on any atom is -0.354 e. The van der Waals surface area contributed by atoms with Crippen molar-refractivity contribution in [2.45, 2.75) is 12.8 Å². The van der Waals surface area contributed by atoms with Gasteiger partial charge in [0.25, 0.3) is 0 Å². The molecule has 5 aromatic carbocycles. The molecule has 0 radical (unpaired) electrons. The van der Waals surface area contributed by atoms with Crippen LogP contribution in [0.25, 0.3) is 80.4 Å². The number of allylic oxidation sites excluding steroid dienone is 1. The van der Waals surface area contributed by atoms with Gasteiger partial charge in [-0.15, -0.1) is 22.7 Å². The lowest BCUT2D eigenvalue weighted by Gasteiger charge is -2.06. The molecule has 39 heavy (non-hydrogen) atoms. The molecule has 1 aliphatic rings. The van der Waals surface area contributed by atoms with Crippen molar-refractivity contribution in [3.63, 3.8) is 0 Å². The molecule has 0 bridgehead atoms. The molecule has 3 aromatic heterocycles. The minimum atomic E-state index is 1.14. The third-order valence-corrected chi connectivity index (χ3v) is 10.8. The van der Waals surface area contributed by atoms with Crippen molar-refractivity contribution in [3.8, 4) is 22.3 Å². The van der Waals surface area contributed by atoms with Gasteiger partial charge in [-0.25, -0.2) is 0 Å². The van der Waals surface area contributed by atoms with Crippen LogP contribution in [0.3, 0.4) is 0 Å². The highest BCUT2D eigenvalue weighted by Gasteiger charge is 2.17. The van der Waals surface area contributed by atoms with Gasteiger partial charge in [0.05, 0.1) is 0 Å². The van der Waals surface area contributed by atoms with Gasteiger partial charge < -0.3 is 4.98 Å². The zero-order valence-electron chi connectivity index (χ0n) is 21.1. The van der Waals surface area contributed by atoms with Crippen LogP contribution in [0, 0.1) is 0 Å². The van der Waals surface area contributed by atoms with E-state index in [1.807, 2.05) is 22.7 Å². The average Bonchev–Trinajstić information content (AvgIpc) is 3.67. The first-order chi connectivity index (χ1) is 19.3. The smallest absolute Gasteiger partial charge is 0.0471 e. The molecule has 8 aromatic rings. The van der Waals surface area contributed by atoms with Crippen molar-refractivity contribution in [1.82, 2.24) is 4.98 Å². The van der Waals surface area contributed by atoms with Gasteiger partial charge in [0.2, 0.25) is 0 Å². The first kappa shape index (κ1) is 21.7. The van der Waals surface area contributed by atoms with Gasteiger partial charge in [-0.1, -0.05) is 84.9 Å². The fraction of sp³-hybridized carbons (Fsp3) is 0.0556. The number of rotatable bonds is 2. The van der Waals surface area contributed by atoms with Crippen LogP contribution in [0.2, 0.25) is 0 Å². The maximum atomic E-state index is 3.77. The SMILES string of the molecule is C1=Cc2sc3c(-c4ccc5c(c4)[nH]c4cc(-c6cccc7c6sc6ccccc67)ccc45)cccc3c2CC1. The van der Waals surface area contributed by atoms with Gasteiger partial charge in [-0.2, -0.15) is 0 Å². The van der Waals surface area contributed by atoms with E-state index in [-0.39, 0.29) is 0 Å². The third-order valence-electron chi connectivity index (χ3n) is 8.30. The summed E-state index contributed by atoms with van der Waals surface area (Å²) < 4.78 is 4.11. The molecule has 0 saturated carbocycles. The molecule has 0 spiro atoms. The summed E-state index contributed by atoms with van der Waals surface area (Å²) in [6.07, 6.45) is 6.91. The Balaban J connectivity index is 1.20. The number of hydrogen-bond acceptors (Lipinski definition) is 2. The van der Waals surface area contributed by atoms with Crippen LogP contribution in [0.1, 0.15) is 16.9 Å². The van der Waals surface area contributed by atoms with Gasteiger partial charge in [0, 0.05) is 51.6 Å². The fourth-order valence-electron chi connectivity index (χ4n) is 6.45. The summed E-state index contributed by atoms with van der Waals surface area (Å²) in [5.74, 6) is 0. The normalized spacial score (nSPS) is 13.3. The van der Waals surface area contributed by atoms with Gasteiger partial charge >= 0.3 is 0 Å². The standard InChI is InChI=1S/C36H23NS2/c1-3-13-33-27(7-1)29-11-5-9-23(35(29)38-33)21-15-17-25-26-18-16-22(20-32(26)37-31(25)19-21)24-10-6-12-30-28-8-2-4-14-34(28)39-36(24)30/h1,3-7,9-20,37H,2,8H2.